The summed E-state index contributed by atoms with van der Waals surface area (Å²) in [7, 11) is 0. The Labute approximate surface area is 130 Å². The minimum Gasteiger partial charge on any atom is -0.392 e. The second-order valence-electron chi connectivity index (χ2n) is 7.69. The van der Waals surface area contributed by atoms with Gasteiger partial charge in [-0.1, -0.05) is 45.0 Å². The van der Waals surface area contributed by atoms with E-state index in [0.717, 1.165) is 30.5 Å². The number of nitrogens with one attached hydrogen (secondary N) is 1. The Bertz CT molecular complexity index is 427. The summed E-state index contributed by atoms with van der Waals surface area (Å²) in [6, 6.07) is 8.21. The zero-order valence-corrected chi connectivity index (χ0v) is 13.9. The second kappa shape index (κ2) is 7.42. The van der Waals surface area contributed by atoms with E-state index < -0.39 is 0 Å². The zero-order chi connectivity index (χ0) is 15.3. The largest absolute Gasteiger partial charge is 0.392 e. The monoisotopic (exact) mass is 289 g/mol. The van der Waals surface area contributed by atoms with Crippen molar-refractivity contribution in [1.82, 2.24) is 5.32 Å². The van der Waals surface area contributed by atoms with E-state index in [4.69, 9.17) is 5.11 Å². The lowest BCUT2D eigenvalue weighted by Crippen LogP contribution is -2.30. The molecule has 0 atom stereocenters. The predicted molar refractivity (Wildman–Crippen MR) is 89.0 cm³/mol. The fourth-order valence-corrected chi connectivity index (χ4v) is 3.49. The molecule has 1 aromatic rings. The standard InChI is InChI=1S/C19H31NO/c1-19(2,3)18-9-7-15(8-10-18)12-20-13-16-5-4-6-17(11-16)14-21/h4-6,11,15,18,20-21H,7-10,12-14H2,1-3H3. The lowest BCUT2D eigenvalue weighted by molar-refractivity contribution is 0.149. The highest BCUT2D eigenvalue weighted by Crippen LogP contribution is 2.39. The number of hydrogen-bond donors (Lipinski definition) is 2. The van der Waals surface area contributed by atoms with Gasteiger partial charge in [0.15, 0.2) is 0 Å². The number of benzene rings is 1. The van der Waals surface area contributed by atoms with Gasteiger partial charge in [0, 0.05) is 6.54 Å². The Balaban J connectivity index is 1.70. The Morgan fingerprint density at radius 3 is 2.38 bits per heavy atom. The minimum atomic E-state index is 0.130. The summed E-state index contributed by atoms with van der Waals surface area (Å²) >= 11 is 0. The van der Waals surface area contributed by atoms with Gasteiger partial charge in [-0.15, -0.1) is 0 Å². The summed E-state index contributed by atoms with van der Waals surface area (Å²) in [5.41, 5.74) is 2.74. The highest BCUT2D eigenvalue weighted by Gasteiger charge is 2.29. The van der Waals surface area contributed by atoms with E-state index in [9.17, 15) is 0 Å². The highest BCUT2D eigenvalue weighted by atomic mass is 16.3. The molecule has 2 N–H and O–H groups in total. The zero-order valence-electron chi connectivity index (χ0n) is 13.9. The van der Waals surface area contributed by atoms with Gasteiger partial charge in [-0.25, -0.2) is 0 Å². The fraction of sp³-hybridized carbons (Fsp3) is 0.684. The number of hydrogen-bond acceptors (Lipinski definition) is 2. The maximum Gasteiger partial charge on any atom is 0.0681 e. The average Bonchev–Trinajstić information content (AvgIpc) is 2.47. The van der Waals surface area contributed by atoms with Gasteiger partial charge in [-0.3, -0.25) is 0 Å². The van der Waals surface area contributed by atoms with Gasteiger partial charge in [0.05, 0.1) is 6.61 Å². The van der Waals surface area contributed by atoms with Crippen molar-refractivity contribution in [3.8, 4) is 0 Å². The highest BCUT2D eigenvalue weighted by molar-refractivity contribution is 5.22. The van der Waals surface area contributed by atoms with Gasteiger partial charge in [-0.2, -0.15) is 0 Å². The summed E-state index contributed by atoms with van der Waals surface area (Å²) < 4.78 is 0. The maximum atomic E-state index is 9.16. The van der Waals surface area contributed by atoms with Gasteiger partial charge < -0.3 is 10.4 Å². The van der Waals surface area contributed by atoms with Crippen LogP contribution in [0.5, 0.6) is 0 Å². The van der Waals surface area contributed by atoms with E-state index in [0.29, 0.717) is 5.41 Å². The molecule has 1 saturated carbocycles. The number of rotatable bonds is 5. The average molecular weight is 289 g/mol. The van der Waals surface area contributed by atoms with Crippen LogP contribution < -0.4 is 5.32 Å². The van der Waals surface area contributed by atoms with Gasteiger partial charge in [0.25, 0.3) is 0 Å². The molecule has 1 aromatic carbocycles. The van der Waals surface area contributed by atoms with Crippen molar-refractivity contribution in [2.24, 2.45) is 17.3 Å². The van der Waals surface area contributed by atoms with Crippen molar-refractivity contribution in [1.29, 1.82) is 0 Å². The van der Waals surface area contributed by atoms with Gasteiger partial charge >= 0.3 is 0 Å². The predicted octanol–water partition coefficient (Wildman–Crippen LogP) is 4.12. The van der Waals surface area contributed by atoms with Crippen LogP contribution in [-0.2, 0) is 13.2 Å². The molecule has 0 saturated heterocycles. The third kappa shape index (κ3) is 5.12. The van der Waals surface area contributed by atoms with E-state index in [1.54, 1.807) is 0 Å². The number of aliphatic hydroxyl groups excluding tert-OH is 1. The van der Waals surface area contributed by atoms with Crippen LogP contribution in [0.15, 0.2) is 24.3 Å². The van der Waals surface area contributed by atoms with Gasteiger partial charge in [-0.05, 0) is 60.6 Å². The van der Waals surface area contributed by atoms with Crippen molar-refractivity contribution < 1.29 is 5.11 Å². The van der Waals surface area contributed by atoms with Crippen molar-refractivity contribution in [3.05, 3.63) is 35.4 Å². The van der Waals surface area contributed by atoms with Gasteiger partial charge in [0.2, 0.25) is 0 Å². The van der Waals surface area contributed by atoms with Gasteiger partial charge in [0.1, 0.15) is 0 Å². The first-order chi connectivity index (χ1) is 9.99. The van der Waals surface area contributed by atoms with E-state index >= 15 is 0 Å². The molecule has 0 amide bonds. The summed E-state index contributed by atoms with van der Waals surface area (Å²) in [5, 5.41) is 12.8. The first-order valence-corrected chi connectivity index (χ1v) is 8.38. The molecule has 118 valence electrons. The van der Waals surface area contributed by atoms with Crippen LogP contribution in [0, 0.1) is 17.3 Å². The minimum absolute atomic E-state index is 0.130. The molecule has 2 heteroatoms. The fourth-order valence-electron chi connectivity index (χ4n) is 3.49. The lowest BCUT2D eigenvalue weighted by Gasteiger charge is -2.37. The first-order valence-electron chi connectivity index (χ1n) is 8.38. The van der Waals surface area contributed by atoms with Crippen molar-refractivity contribution in [2.45, 2.75) is 59.6 Å². The Morgan fingerprint density at radius 1 is 1.10 bits per heavy atom. The molecule has 0 unspecified atom stereocenters. The van der Waals surface area contributed by atoms with Crippen LogP contribution in [0.2, 0.25) is 0 Å². The smallest absolute Gasteiger partial charge is 0.0681 e. The molecule has 1 aliphatic rings. The Kier molecular flexibility index (Phi) is 5.83. The molecular formula is C19H31NO. The summed E-state index contributed by atoms with van der Waals surface area (Å²) in [4.78, 5) is 0. The second-order valence-corrected chi connectivity index (χ2v) is 7.69. The Morgan fingerprint density at radius 2 is 1.76 bits per heavy atom. The summed E-state index contributed by atoms with van der Waals surface area (Å²) in [5.74, 6) is 1.74. The van der Waals surface area contributed by atoms with Crippen molar-refractivity contribution >= 4 is 0 Å². The lowest BCUT2D eigenvalue weighted by atomic mass is 9.70. The van der Waals surface area contributed by atoms with E-state index in [1.165, 1.54) is 31.2 Å². The first kappa shape index (κ1) is 16.5. The van der Waals surface area contributed by atoms with Crippen LogP contribution in [0.25, 0.3) is 0 Å². The summed E-state index contributed by atoms with van der Waals surface area (Å²) in [6.07, 6.45) is 5.50. The van der Waals surface area contributed by atoms with Crippen LogP contribution in [-0.4, -0.2) is 11.7 Å². The van der Waals surface area contributed by atoms with E-state index in [2.05, 4.69) is 38.2 Å². The van der Waals surface area contributed by atoms with Crippen molar-refractivity contribution in [2.75, 3.05) is 6.54 Å². The van der Waals surface area contributed by atoms with Crippen LogP contribution >= 0.6 is 0 Å². The topological polar surface area (TPSA) is 32.3 Å². The molecule has 0 bridgehead atoms. The van der Waals surface area contributed by atoms with Crippen LogP contribution in [0.1, 0.15) is 57.6 Å². The molecule has 21 heavy (non-hydrogen) atoms. The third-order valence-electron chi connectivity index (χ3n) is 5.01. The molecule has 0 radical (unpaired) electrons. The maximum absolute atomic E-state index is 9.16. The third-order valence-corrected chi connectivity index (χ3v) is 5.01. The van der Waals surface area contributed by atoms with E-state index in [-0.39, 0.29) is 6.61 Å². The molecule has 0 spiro atoms. The molecular weight excluding hydrogens is 258 g/mol. The SMILES string of the molecule is CC(C)(C)C1CCC(CNCc2cccc(CO)c2)CC1. The Hall–Kier alpha value is -0.860. The molecule has 0 heterocycles. The molecule has 1 aliphatic carbocycles. The molecule has 1 fully saturated rings. The van der Waals surface area contributed by atoms with E-state index in [1.807, 2.05) is 12.1 Å². The summed E-state index contributed by atoms with van der Waals surface area (Å²) in [6.45, 7) is 9.30. The van der Waals surface area contributed by atoms with Crippen LogP contribution in [0.4, 0.5) is 0 Å². The molecule has 0 aromatic heterocycles. The molecule has 2 rings (SSSR count). The molecule has 2 nitrogen and oxygen atoms in total. The van der Waals surface area contributed by atoms with Crippen LogP contribution in [0.3, 0.4) is 0 Å². The van der Waals surface area contributed by atoms with Crippen molar-refractivity contribution in [3.63, 3.8) is 0 Å². The quantitative estimate of drug-likeness (QED) is 0.854. The molecule has 0 aliphatic heterocycles. The number of aliphatic hydroxyl groups is 1. The normalized spacial score (nSPS) is 23.2.